The average molecular weight is 277 g/mol. The Kier molecular flexibility index (Phi) is 5.74. The molecule has 0 radical (unpaired) electrons. The molecule has 0 unspecified atom stereocenters. The number of amides is 1. The van der Waals surface area contributed by atoms with Gasteiger partial charge in [0.15, 0.2) is 0 Å². The molecule has 0 fully saturated rings. The highest BCUT2D eigenvalue weighted by atomic mass is 16.4. The summed E-state index contributed by atoms with van der Waals surface area (Å²) in [4.78, 5) is 22.2. The second kappa shape index (κ2) is 7.08. The van der Waals surface area contributed by atoms with E-state index in [1.165, 1.54) is 5.56 Å². The van der Waals surface area contributed by atoms with Crippen LogP contribution in [0.15, 0.2) is 18.2 Å². The lowest BCUT2D eigenvalue weighted by atomic mass is 9.94. The summed E-state index contributed by atoms with van der Waals surface area (Å²) in [5, 5.41) is 11.4. The first-order valence-corrected chi connectivity index (χ1v) is 6.96. The summed E-state index contributed by atoms with van der Waals surface area (Å²) in [6.45, 7) is 8.41. The van der Waals surface area contributed by atoms with Crippen LogP contribution in [0, 0.1) is 0 Å². The van der Waals surface area contributed by atoms with Crippen LogP contribution in [0.3, 0.4) is 0 Å². The molecule has 4 heteroatoms. The van der Waals surface area contributed by atoms with Crippen LogP contribution >= 0.6 is 0 Å². The number of benzene rings is 1. The van der Waals surface area contributed by atoms with Gasteiger partial charge < -0.3 is 10.4 Å². The molecule has 2 N–H and O–H groups in total. The van der Waals surface area contributed by atoms with Crippen molar-refractivity contribution in [3.05, 3.63) is 29.3 Å². The number of aliphatic carboxylic acids is 1. The molecule has 0 saturated carbocycles. The second-order valence-corrected chi connectivity index (χ2v) is 5.60. The number of nitrogens with one attached hydrogen (secondary N) is 1. The van der Waals surface area contributed by atoms with Crippen molar-refractivity contribution in [3.63, 3.8) is 0 Å². The third-order valence-corrected chi connectivity index (χ3v) is 3.20. The summed E-state index contributed by atoms with van der Waals surface area (Å²) in [7, 11) is 0. The monoisotopic (exact) mass is 277 g/mol. The number of rotatable bonds is 6. The third kappa shape index (κ3) is 4.68. The van der Waals surface area contributed by atoms with Crippen LogP contribution < -0.4 is 5.32 Å². The van der Waals surface area contributed by atoms with Crippen molar-refractivity contribution in [2.45, 2.75) is 52.4 Å². The summed E-state index contributed by atoms with van der Waals surface area (Å²) in [6, 6.07) is 6.02. The van der Waals surface area contributed by atoms with Gasteiger partial charge in [-0.25, -0.2) is 0 Å². The van der Waals surface area contributed by atoms with Crippen molar-refractivity contribution in [3.8, 4) is 0 Å². The Morgan fingerprint density at radius 1 is 1.10 bits per heavy atom. The predicted octanol–water partition coefficient (Wildman–Crippen LogP) is 3.74. The minimum Gasteiger partial charge on any atom is -0.481 e. The molecule has 0 aromatic heterocycles. The van der Waals surface area contributed by atoms with Gasteiger partial charge in [-0.15, -0.1) is 0 Å². The van der Waals surface area contributed by atoms with E-state index in [0.29, 0.717) is 11.8 Å². The largest absolute Gasteiger partial charge is 0.481 e. The standard InChI is InChI=1S/C16H23NO3/c1-10(2)12-5-6-14(13(9-12)11(3)4)17-15(18)7-8-16(19)20/h5-6,9-11H,7-8H2,1-4H3,(H,17,18)(H,19,20). The van der Waals surface area contributed by atoms with Crippen molar-refractivity contribution < 1.29 is 14.7 Å². The Hall–Kier alpha value is -1.84. The molecule has 1 amide bonds. The molecule has 0 bridgehead atoms. The SMILES string of the molecule is CC(C)c1ccc(NC(=O)CCC(=O)O)c(C(C)C)c1. The number of carbonyl (C=O) groups excluding carboxylic acids is 1. The molecule has 0 spiro atoms. The number of anilines is 1. The fourth-order valence-electron chi connectivity index (χ4n) is 1.96. The van der Waals surface area contributed by atoms with Crippen molar-refractivity contribution in [1.29, 1.82) is 0 Å². The first-order chi connectivity index (χ1) is 9.31. The maximum atomic E-state index is 11.7. The van der Waals surface area contributed by atoms with E-state index in [4.69, 9.17) is 5.11 Å². The van der Waals surface area contributed by atoms with Crippen molar-refractivity contribution in [2.75, 3.05) is 5.32 Å². The lowest BCUT2D eigenvalue weighted by Crippen LogP contribution is -2.15. The minimum atomic E-state index is -0.959. The topological polar surface area (TPSA) is 66.4 Å². The van der Waals surface area contributed by atoms with Gasteiger partial charge in [-0.3, -0.25) is 9.59 Å². The highest BCUT2D eigenvalue weighted by molar-refractivity contribution is 5.93. The molecular formula is C16H23NO3. The summed E-state index contributed by atoms with van der Waals surface area (Å²) < 4.78 is 0. The van der Waals surface area contributed by atoms with E-state index in [1.807, 2.05) is 12.1 Å². The molecule has 0 aliphatic heterocycles. The number of hydrogen-bond donors (Lipinski definition) is 2. The molecule has 0 heterocycles. The zero-order chi connectivity index (χ0) is 15.3. The van der Waals surface area contributed by atoms with Gasteiger partial charge in [0.2, 0.25) is 5.91 Å². The van der Waals surface area contributed by atoms with E-state index >= 15 is 0 Å². The first-order valence-electron chi connectivity index (χ1n) is 6.96. The predicted molar refractivity (Wildman–Crippen MR) is 80.1 cm³/mol. The van der Waals surface area contributed by atoms with Gasteiger partial charge in [0.1, 0.15) is 0 Å². The van der Waals surface area contributed by atoms with Crippen LogP contribution in [0.5, 0.6) is 0 Å². The van der Waals surface area contributed by atoms with Crippen molar-refractivity contribution >= 4 is 17.6 Å². The summed E-state index contributed by atoms with van der Waals surface area (Å²) in [5.74, 6) is -0.487. The maximum absolute atomic E-state index is 11.7. The normalized spacial score (nSPS) is 10.9. The Morgan fingerprint density at radius 3 is 2.25 bits per heavy atom. The average Bonchev–Trinajstić information content (AvgIpc) is 2.36. The van der Waals surface area contributed by atoms with E-state index in [-0.39, 0.29) is 18.7 Å². The minimum absolute atomic E-state index is 0.00119. The molecule has 20 heavy (non-hydrogen) atoms. The van der Waals surface area contributed by atoms with Crippen LogP contribution in [0.4, 0.5) is 5.69 Å². The lowest BCUT2D eigenvalue weighted by Gasteiger charge is -2.17. The Morgan fingerprint density at radius 2 is 1.75 bits per heavy atom. The number of carboxylic acid groups (broad SMARTS) is 1. The van der Waals surface area contributed by atoms with E-state index in [0.717, 1.165) is 11.3 Å². The molecule has 0 aliphatic rings. The van der Waals surface area contributed by atoms with Crippen molar-refractivity contribution in [1.82, 2.24) is 0 Å². The van der Waals surface area contributed by atoms with E-state index in [9.17, 15) is 9.59 Å². The molecule has 4 nitrogen and oxygen atoms in total. The van der Waals surface area contributed by atoms with Gasteiger partial charge in [0, 0.05) is 12.1 Å². The van der Waals surface area contributed by atoms with Crippen LogP contribution in [0.1, 0.15) is 63.5 Å². The maximum Gasteiger partial charge on any atom is 0.303 e. The van der Waals surface area contributed by atoms with Gasteiger partial charge in [-0.2, -0.15) is 0 Å². The number of hydrogen-bond acceptors (Lipinski definition) is 2. The van der Waals surface area contributed by atoms with E-state index < -0.39 is 5.97 Å². The van der Waals surface area contributed by atoms with Crippen LogP contribution in [0.2, 0.25) is 0 Å². The summed E-state index contributed by atoms with van der Waals surface area (Å²) in [6.07, 6.45) is -0.147. The number of carbonyl (C=O) groups is 2. The molecule has 0 atom stereocenters. The van der Waals surface area contributed by atoms with Crippen LogP contribution in [0.25, 0.3) is 0 Å². The molecule has 1 aromatic carbocycles. The van der Waals surface area contributed by atoms with Crippen LogP contribution in [-0.2, 0) is 9.59 Å². The molecule has 0 saturated heterocycles. The fourth-order valence-corrected chi connectivity index (χ4v) is 1.96. The van der Waals surface area contributed by atoms with Crippen molar-refractivity contribution in [2.24, 2.45) is 0 Å². The highest BCUT2D eigenvalue weighted by Gasteiger charge is 2.12. The Bertz CT molecular complexity index is 492. The zero-order valence-electron chi connectivity index (χ0n) is 12.6. The Balaban J connectivity index is 2.88. The quantitative estimate of drug-likeness (QED) is 0.832. The molecule has 0 aliphatic carbocycles. The first kappa shape index (κ1) is 16.2. The molecule has 1 aromatic rings. The zero-order valence-corrected chi connectivity index (χ0v) is 12.6. The highest BCUT2D eigenvalue weighted by Crippen LogP contribution is 2.28. The van der Waals surface area contributed by atoms with Gasteiger partial charge in [-0.1, -0.05) is 39.8 Å². The van der Waals surface area contributed by atoms with E-state index in [1.54, 1.807) is 0 Å². The van der Waals surface area contributed by atoms with Gasteiger partial charge in [0.25, 0.3) is 0 Å². The van der Waals surface area contributed by atoms with Gasteiger partial charge >= 0.3 is 5.97 Å². The smallest absolute Gasteiger partial charge is 0.303 e. The number of carboxylic acids is 1. The van der Waals surface area contributed by atoms with Crippen LogP contribution in [-0.4, -0.2) is 17.0 Å². The fraction of sp³-hybridized carbons (Fsp3) is 0.500. The second-order valence-electron chi connectivity index (χ2n) is 5.60. The molecule has 1 rings (SSSR count). The summed E-state index contributed by atoms with van der Waals surface area (Å²) in [5.41, 5.74) is 3.09. The van der Waals surface area contributed by atoms with E-state index in [2.05, 4.69) is 39.1 Å². The third-order valence-electron chi connectivity index (χ3n) is 3.20. The Labute approximate surface area is 120 Å². The molecular weight excluding hydrogens is 254 g/mol. The van der Waals surface area contributed by atoms with Gasteiger partial charge in [-0.05, 0) is 29.0 Å². The summed E-state index contributed by atoms with van der Waals surface area (Å²) >= 11 is 0. The van der Waals surface area contributed by atoms with Gasteiger partial charge in [0.05, 0.1) is 6.42 Å². The molecule has 110 valence electrons. The lowest BCUT2D eigenvalue weighted by molar-refractivity contribution is -0.138.